The van der Waals surface area contributed by atoms with E-state index in [1.54, 1.807) is 7.11 Å². The summed E-state index contributed by atoms with van der Waals surface area (Å²) in [6.45, 7) is 2.85. The Hall–Kier alpha value is -1.55. The van der Waals surface area contributed by atoms with E-state index in [1.807, 2.05) is 29.2 Å². The number of carbonyl (C=O) groups is 1. The summed E-state index contributed by atoms with van der Waals surface area (Å²) in [4.78, 5) is 14.3. The van der Waals surface area contributed by atoms with Crippen molar-refractivity contribution in [1.29, 1.82) is 0 Å². The Balaban J connectivity index is 1.61. The first-order valence-corrected chi connectivity index (χ1v) is 6.80. The first-order chi connectivity index (χ1) is 9.22. The van der Waals surface area contributed by atoms with Gasteiger partial charge in [0.25, 0.3) is 0 Å². The molecule has 100 valence electrons. The molecule has 5 unspecified atom stereocenters. The zero-order chi connectivity index (χ0) is 13.1. The average Bonchev–Trinajstić information content (AvgIpc) is 2.82. The van der Waals surface area contributed by atoms with Gasteiger partial charge in [0.05, 0.1) is 19.8 Å². The number of amides is 1. The minimum atomic E-state index is -0.205. The van der Waals surface area contributed by atoms with Crippen molar-refractivity contribution in [3.8, 4) is 5.75 Å². The Morgan fingerprint density at radius 1 is 1.32 bits per heavy atom. The molecule has 1 aromatic rings. The summed E-state index contributed by atoms with van der Waals surface area (Å²) < 4.78 is 11.0. The Bertz CT molecular complexity index is 527. The lowest BCUT2D eigenvalue weighted by Gasteiger charge is -2.25. The van der Waals surface area contributed by atoms with Gasteiger partial charge in [0.15, 0.2) is 6.23 Å². The van der Waals surface area contributed by atoms with Gasteiger partial charge in [0.2, 0.25) is 5.91 Å². The van der Waals surface area contributed by atoms with Crippen LogP contribution in [0.4, 0.5) is 0 Å². The Kier molecular flexibility index (Phi) is 2.22. The first-order valence-electron chi connectivity index (χ1n) is 6.80. The van der Waals surface area contributed by atoms with Crippen molar-refractivity contribution in [2.75, 3.05) is 13.7 Å². The molecule has 4 nitrogen and oxygen atoms in total. The number of nitrogens with zero attached hydrogens (tertiary/aromatic N) is 1. The molecule has 0 radical (unpaired) electrons. The number of ether oxygens (including phenoxy) is 2. The maximum atomic E-state index is 12.4. The molecule has 0 bridgehead atoms. The highest BCUT2D eigenvalue weighted by Crippen LogP contribution is 2.59. The van der Waals surface area contributed by atoms with Crippen LogP contribution in [0, 0.1) is 17.8 Å². The van der Waals surface area contributed by atoms with Crippen LogP contribution in [0.25, 0.3) is 0 Å². The minimum Gasteiger partial charge on any atom is -0.497 e. The Morgan fingerprint density at radius 2 is 2.05 bits per heavy atom. The molecule has 2 heterocycles. The predicted octanol–water partition coefficient (Wildman–Crippen LogP) is 1.82. The van der Waals surface area contributed by atoms with Gasteiger partial charge in [-0.1, -0.05) is 19.1 Å². The maximum absolute atomic E-state index is 12.4. The van der Waals surface area contributed by atoms with E-state index in [1.165, 1.54) is 0 Å². The van der Waals surface area contributed by atoms with E-state index in [4.69, 9.17) is 9.47 Å². The van der Waals surface area contributed by atoms with Crippen LogP contribution in [0.15, 0.2) is 24.3 Å². The zero-order valence-electron chi connectivity index (χ0n) is 11.1. The zero-order valence-corrected chi connectivity index (χ0v) is 11.1. The smallest absolute Gasteiger partial charge is 0.228 e. The number of carbonyl (C=O) groups excluding carboxylic acids is 1. The van der Waals surface area contributed by atoms with Crippen molar-refractivity contribution in [2.45, 2.75) is 19.2 Å². The molecule has 5 atom stereocenters. The SMILES string of the molecule is COc1ccc(C2OCC3C4C(C)C4C(=O)N23)cc1. The molecule has 3 aliphatic rings. The molecule has 1 aromatic carbocycles. The van der Waals surface area contributed by atoms with Crippen molar-refractivity contribution in [1.82, 2.24) is 4.90 Å². The number of rotatable bonds is 2. The predicted molar refractivity (Wildman–Crippen MR) is 68.5 cm³/mol. The summed E-state index contributed by atoms with van der Waals surface area (Å²) >= 11 is 0. The number of fused-ring (bicyclic) bond motifs is 3. The second-order valence-corrected chi connectivity index (χ2v) is 5.73. The van der Waals surface area contributed by atoms with Crippen LogP contribution in [0.3, 0.4) is 0 Å². The second-order valence-electron chi connectivity index (χ2n) is 5.73. The number of hydrogen-bond acceptors (Lipinski definition) is 3. The van der Waals surface area contributed by atoms with Crippen molar-refractivity contribution in [3.05, 3.63) is 29.8 Å². The summed E-state index contributed by atoms with van der Waals surface area (Å²) in [5, 5.41) is 0. The van der Waals surface area contributed by atoms with Crippen LogP contribution in [-0.4, -0.2) is 30.6 Å². The van der Waals surface area contributed by atoms with E-state index in [-0.39, 0.29) is 18.1 Å². The molecule has 4 rings (SSSR count). The maximum Gasteiger partial charge on any atom is 0.228 e. The van der Waals surface area contributed by atoms with Crippen LogP contribution in [-0.2, 0) is 9.53 Å². The molecule has 1 amide bonds. The topological polar surface area (TPSA) is 38.8 Å². The van der Waals surface area contributed by atoms with Crippen LogP contribution < -0.4 is 4.74 Å². The van der Waals surface area contributed by atoms with Crippen LogP contribution in [0.2, 0.25) is 0 Å². The van der Waals surface area contributed by atoms with Gasteiger partial charge in [-0.3, -0.25) is 4.79 Å². The fraction of sp³-hybridized carbons (Fsp3) is 0.533. The van der Waals surface area contributed by atoms with E-state index < -0.39 is 0 Å². The van der Waals surface area contributed by atoms with Crippen molar-refractivity contribution in [2.24, 2.45) is 17.8 Å². The largest absolute Gasteiger partial charge is 0.497 e. The summed E-state index contributed by atoms with van der Waals surface area (Å²) in [5.74, 6) is 2.43. The highest BCUT2D eigenvalue weighted by Gasteiger charge is 2.67. The van der Waals surface area contributed by atoms with Gasteiger partial charge in [-0.2, -0.15) is 0 Å². The molecular formula is C15H17NO3. The average molecular weight is 259 g/mol. The summed E-state index contributed by atoms with van der Waals surface area (Å²) in [6, 6.07) is 8.07. The molecule has 2 aliphatic heterocycles. The van der Waals surface area contributed by atoms with Crippen molar-refractivity contribution >= 4 is 5.91 Å². The number of benzene rings is 1. The van der Waals surface area contributed by atoms with E-state index >= 15 is 0 Å². The Labute approximate surface area is 112 Å². The van der Waals surface area contributed by atoms with Gasteiger partial charge < -0.3 is 14.4 Å². The molecule has 3 fully saturated rings. The van der Waals surface area contributed by atoms with E-state index in [0.717, 1.165) is 11.3 Å². The van der Waals surface area contributed by atoms with E-state index in [9.17, 15) is 4.79 Å². The standard InChI is InChI=1S/C15H17NO3/c1-8-12-11-7-19-15(16(11)14(17)13(8)12)9-3-5-10(18-2)6-4-9/h3-6,8,11-13,15H,7H2,1-2H3. The van der Waals surface area contributed by atoms with Crippen LogP contribution in [0.1, 0.15) is 18.7 Å². The third-order valence-electron chi connectivity index (χ3n) is 4.87. The first kappa shape index (κ1) is 11.3. The van der Waals surface area contributed by atoms with Crippen molar-refractivity contribution in [3.63, 3.8) is 0 Å². The fourth-order valence-electron chi connectivity index (χ4n) is 3.77. The molecule has 1 aliphatic carbocycles. The normalized spacial score (nSPS) is 39.2. The van der Waals surface area contributed by atoms with Crippen molar-refractivity contribution < 1.29 is 14.3 Å². The molecule has 0 aromatic heterocycles. The summed E-state index contributed by atoms with van der Waals surface area (Å²) in [5.41, 5.74) is 1.03. The van der Waals surface area contributed by atoms with Gasteiger partial charge >= 0.3 is 0 Å². The Morgan fingerprint density at radius 3 is 2.74 bits per heavy atom. The molecule has 0 N–H and O–H groups in total. The van der Waals surface area contributed by atoms with Gasteiger partial charge in [0, 0.05) is 11.5 Å². The highest BCUT2D eigenvalue weighted by molar-refractivity contribution is 5.86. The number of methoxy groups -OCH3 is 1. The van der Waals surface area contributed by atoms with Crippen LogP contribution in [0.5, 0.6) is 5.75 Å². The van der Waals surface area contributed by atoms with Crippen LogP contribution >= 0.6 is 0 Å². The molecule has 4 heteroatoms. The highest BCUT2D eigenvalue weighted by atomic mass is 16.5. The minimum absolute atomic E-state index is 0.205. The monoisotopic (exact) mass is 259 g/mol. The van der Waals surface area contributed by atoms with E-state index in [0.29, 0.717) is 24.5 Å². The van der Waals surface area contributed by atoms with Gasteiger partial charge in [-0.05, 0) is 24.0 Å². The second kappa shape index (κ2) is 3.73. The number of hydrogen-bond donors (Lipinski definition) is 0. The van der Waals surface area contributed by atoms with Gasteiger partial charge in [-0.25, -0.2) is 0 Å². The molecular weight excluding hydrogens is 242 g/mol. The lowest BCUT2D eigenvalue weighted by molar-refractivity contribution is -0.137. The van der Waals surface area contributed by atoms with E-state index in [2.05, 4.69) is 6.92 Å². The molecule has 0 spiro atoms. The van der Waals surface area contributed by atoms with Gasteiger partial charge in [0.1, 0.15) is 5.75 Å². The molecule has 19 heavy (non-hydrogen) atoms. The van der Waals surface area contributed by atoms with Gasteiger partial charge in [-0.15, -0.1) is 0 Å². The third kappa shape index (κ3) is 1.40. The fourth-order valence-corrected chi connectivity index (χ4v) is 3.77. The number of piperidine rings is 1. The molecule has 1 saturated carbocycles. The molecule has 2 saturated heterocycles. The summed E-state index contributed by atoms with van der Waals surface area (Å²) in [6.07, 6.45) is -0.205. The lowest BCUT2D eigenvalue weighted by Crippen LogP contribution is -2.35. The lowest BCUT2D eigenvalue weighted by atomic mass is 10.1. The quantitative estimate of drug-likeness (QED) is 0.813. The third-order valence-corrected chi connectivity index (χ3v) is 4.87. The summed E-state index contributed by atoms with van der Waals surface area (Å²) in [7, 11) is 1.65.